The number of aromatic nitrogens is 1. The quantitative estimate of drug-likeness (QED) is 0.820. The largest absolute Gasteiger partial charge is 0.298 e. The molecular formula is C20H25N3O3S2. The predicted octanol–water partition coefficient (Wildman–Crippen LogP) is 3.69. The smallest absolute Gasteiger partial charge is 0.257 e. The first-order valence-corrected chi connectivity index (χ1v) is 12.1. The van der Waals surface area contributed by atoms with Gasteiger partial charge in [-0.05, 0) is 62.3 Å². The number of aryl methyl sites for hydroxylation is 1. The number of fused-ring (bicyclic) bond motifs is 1. The first kappa shape index (κ1) is 19.5. The fourth-order valence-electron chi connectivity index (χ4n) is 3.80. The molecule has 0 bridgehead atoms. The third-order valence-corrected chi connectivity index (χ3v) is 8.42. The highest BCUT2D eigenvalue weighted by atomic mass is 32.2. The molecule has 6 nitrogen and oxygen atoms in total. The number of carbonyl (C=O) groups is 1. The van der Waals surface area contributed by atoms with Crippen molar-refractivity contribution in [2.75, 3.05) is 18.4 Å². The number of amides is 1. The van der Waals surface area contributed by atoms with Gasteiger partial charge in [-0.1, -0.05) is 13.3 Å². The van der Waals surface area contributed by atoms with E-state index >= 15 is 0 Å². The van der Waals surface area contributed by atoms with E-state index in [4.69, 9.17) is 0 Å². The number of anilines is 1. The van der Waals surface area contributed by atoms with Crippen molar-refractivity contribution in [1.82, 2.24) is 9.29 Å². The summed E-state index contributed by atoms with van der Waals surface area (Å²) in [4.78, 5) is 18.6. The number of hydrogen-bond donors (Lipinski definition) is 1. The summed E-state index contributed by atoms with van der Waals surface area (Å²) in [5.41, 5.74) is 1.53. The van der Waals surface area contributed by atoms with Crippen LogP contribution in [0.2, 0.25) is 0 Å². The molecule has 0 unspecified atom stereocenters. The van der Waals surface area contributed by atoms with Crippen molar-refractivity contribution in [2.45, 2.75) is 50.3 Å². The molecule has 0 saturated carbocycles. The Kier molecular flexibility index (Phi) is 5.53. The second-order valence-electron chi connectivity index (χ2n) is 7.68. The molecule has 28 heavy (non-hydrogen) atoms. The van der Waals surface area contributed by atoms with Crippen molar-refractivity contribution >= 4 is 32.4 Å². The molecular weight excluding hydrogens is 394 g/mol. The van der Waals surface area contributed by atoms with E-state index in [-0.39, 0.29) is 10.8 Å². The summed E-state index contributed by atoms with van der Waals surface area (Å²) in [6.45, 7) is 3.37. The molecule has 1 aromatic carbocycles. The van der Waals surface area contributed by atoms with E-state index in [9.17, 15) is 13.2 Å². The van der Waals surface area contributed by atoms with Gasteiger partial charge in [0.2, 0.25) is 10.0 Å². The van der Waals surface area contributed by atoms with Gasteiger partial charge < -0.3 is 0 Å². The fraction of sp³-hybridized carbons (Fsp3) is 0.500. The summed E-state index contributed by atoms with van der Waals surface area (Å²) in [5.74, 6) is 0.395. The van der Waals surface area contributed by atoms with Crippen molar-refractivity contribution in [3.8, 4) is 0 Å². The third kappa shape index (κ3) is 3.99. The Morgan fingerprint density at radius 2 is 1.89 bits per heavy atom. The average molecular weight is 420 g/mol. The van der Waals surface area contributed by atoms with Crippen molar-refractivity contribution in [3.05, 3.63) is 40.4 Å². The van der Waals surface area contributed by atoms with E-state index in [1.807, 2.05) is 0 Å². The topological polar surface area (TPSA) is 79.4 Å². The number of nitrogens with zero attached hydrogens (tertiary/aromatic N) is 2. The second kappa shape index (κ2) is 7.93. The highest BCUT2D eigenvalue weighted by Gasteiger charge is 2.26. The minimum atomic E-state index is -3.48. The van der Waals surface area contributed by atoms with Gasteiger partial charge >= 0.3 is 0 Å². The van der Waals surface area contributed by atoms with Crippen LogP contribution < -0.4 is 5.32 Å². The molecule has 1 aliphatic carbocycles. The lowest BCUT2D eigenvalue weighted by Gasteiger charge is -2.25. The maximum atomic E-state index is 12.7. The number of benzene rings is 1. The van der Waals surface area contributed by atoms with E-state index in [0.717, 1.165) is 44.2 Å². The van der Waals surface area contributed by atoms with Gasteiger partial charge in [0.05, 0.1) is 10.6 Å². The van der Waals surface area contributed by atoms with Crippen molar-refractivity contribution in [3.63, 3.8) is 0 Å². The number of piperidine rings is 1. The zero-order chi connectivity index (χ0) is 19.7. The minimum absolute atomic E-state index is 0.240. The summed E-state index contributed by atoms with van der Waals surface area (Å²) in [6, 6.07) is 6.18. The van der Waals surface area contributed by atoms with E-state index in [2.05, 4.69) is 17.2 Å². The Labute approximate surface area is 170 Å². The van der Waals surface area contributed by atoms with Gasteiger partial charge in [0, 0.05) is 23.5 Å². The molecule has 8 heteroatoms. The van der Waals surface area contributed by atoms with Crippen LogP contribution in [0.25, 0.3) is 0 Å². The van der Waals surface area contributed by atoms with E-state index in [0.29, 0.717) is 29.7 Å². The molecule has 1 saturated heterocycles. The Morgan fingerprint density at radius 1 is 1.18 bits per heavy atom. The van der Waals surface area contributed by atoms with Gasteiger partial charge in [0.1, 0.15) is 0 Å². The van der Waals surface area contributed by atoms with Crippen molar-refractivity contribution in [2.24, 2.45) is 5.92 Å². The van der Waals surface area contributed by atoms with Gasteiger partial charge in [-0.25, -0.2) is 13.4 Å². The molecule has 1 aromatic heterocycles. The van der Waals surface area contributed by atoms with Gasteiger partial charge in [-0.3, -0.25) is 10.1 Å². The Morgan fingerprint density at radius 3 is 2.61 bits per heavy atom. The Hall–Kier alpha value is -1.77. The lowest BCUT2D eigenvalue weighted by molar-refractivity contribution is 0.102. The number of carbonyl (C=O) groups excluding carboxylic acids is 1. The summed E-state index contributed by atoms with van der Waals surface area (Å²) in [7, 11) is -3.48. The highest BCUT2D eigenvalue weighted by Crippen LogP contribution is 2.32. The molecule has 150 valence electrons. The standard InChI is InChI=1S/C20H25N3O3S2/c1-14-5-10-17-18(13-14)27-20(21-17)22-19(24)15-6-8-16(9-7-15)28(25,26)23-11-3-2-4-12-23/h6-9,14H,2-5,10-13H2,1H3,(H,21,22,24)/t14-/m1/s1. The van der Waals surface area contributed by atoms with Crippen LogP contribution in [0.5, 0.6) is 0 Å². The number of nitrogens with one attached hydrogen (secondary N) is 1. The van der Waals surface area contributed by atoms with Crippen LogP contribution >= 0.6 is 11.3 Å². The van der Waals surface area contributed by atoms with Crippen LogP contribution in [0.15, 0.2) is 29.2 Å². The molecule has 2 aromatic rings. The SMILES string of the molecule is C[C@@H]1CCc2nc(NC(=O)c3ccc(S(=O)(=O)N4CCCCC4)cc3)sc2C1. The minimum Gasteiger partial charge on any atom is -0.298 e. The summed E-state index contributed by atoms with van der Waals surface area (Å²) in [5, 5.41) is 3.48. The first-order valence-electron chi connectivity index (χ1n) is 9.83. The third-order valence-electron chi connectivity index (χ3n) is 5.48. The molecule has 4 rings (SSSR count). The normalized spacial score (nSPS) is 20.5. The van der Waals surface area contributed by atoms with Crippen LogP contribution in [0.3, 0.4) is 0 Å². The molecule has 1 aliphatic heterocycles. The maximum absolute atomic E-state index is 12.7. The zero-order valence-electron chi connectivity index (χ0n) is 16.0. The maximum Gasteiger partial charge on any atom is 0.257 e. The van der Waals surface area contributed by atoms with Crippen LogP contribution in [0.1, 0.15) is 53.5 Å². The summed E-state index contributed by atoms with van der Waals surface area (Å²) in [6.07, 6.45) is 5.99. The predicted molar refractivity (Wildman–Crippen MR) is 110 cm³/mol. The lowest BCUT2D eigenvalue weighted by Crippen LogP contribution is -2.35. The number of rotatable bonds is 4. The molecule has 2 heterocycles. The number of hydrogen-bond acceptors (Lipinski definition) is 5. The zero-order valence-corrected chi connectivity index (χ0v) is 17.6. The monoisotopic (exact) mass is 419 g/mol. The first-order chi connectivity index (χ1) is 13.4. The average Bonchev–Trinajstić information content (AvgIpc) is 3.10. The highest BCUT2D eigenvalue weighted by molar-refractivity contribution is 7.89. The lowest BCUT2D eigenvalue weighted by atomic mass is 9.93. The Balaban J connectivity index is 1.46. The molecule has 1 fully saturated rings. The van der Waals surface area contributed by atoms with Crippen LogP contribution in [-0.4, -0.2) is 36.7 Å². The van der Waals surface area contributed by atoms with E-state index in [1.54, 1.807) is 23.5 Å². The molecule has 1 atom stereocenters. The van der Waals surface area contributed by atoms with Crippen molar-refractivity contribution < 1.29 is 13.2 Å². The van der Waals surface area contributed by atoms with E-state index in [1.165, 1.54) is 21.3 Å². The molecule has 1 amide bonds. The van der Waals surface area contributed by atoms with Gasteiger partial charge in [0.25, 0.3) is 5.91 Å². The summed E-state index contributed by atoms with van der Waals surface area (Å²) >= 11 is 1.54. The van der Waals surface area contributed by atoms with E-state index < -0.39 is 10.0 Å². The van der Waals surface area contributed by atoms with Crippen LogP contribution in [0, 0.1) is 5.92 Å². The Bertz CT molecular complexity index is 961. The molecule has 0 radical (unpaired) electrons. The molecule has 2 aliphatic rings. The fourth-order valence-corrected chi connectivity index (χ4v) is 6.48. The van der Waals surface area contributed by atoms with Gasteiger partial charge in [-0.2, -0.15) is 4.31 Å². The van der Waals surface area contributed by atoms with Gasteiger partial charge in [-0.15, -0.1) is 11.3 Å². The summed E-state index contributed by atoms with van der Waals surface area (Å²) < 4.78 is 27.0. The van der Waals surface area contributed by atoms with Crippen LogP contribution in [-0.2, 0) is 22.9 Å². The number of thiazole rings is 1. The van der Waals surface area contributed by atoms with Crippen LogP contribution in [0.4, 0.5) is 5.13 Å². The van der Waals surface area contributed by atoms with Gasteiger partial charge in [0.15, 0.2) is 5.13 Å². The second-order valence-corrected chi connectivity index (χ2v) is 10.7. The number of sulfonamides is 1. The molecule has 0 spiro atoms. The van der Waals surface area contributed by atoms with Crippen molar-refractivity contribution in [1.29, 1.82) is 0 Å². The molecule has 1 N–H and O–H groups in total.